The highest BCUT2D eigenvalue weighted by Gasteiger charge is 2.35. The zero-order valence-electron chi connectivity index (χ0n) is 12.1. The van der Waals surface area contributed by atoms with Gasteiger partial charge in [-0.25, -0.2) is 0 Å². The lowest BCUT2D eigenvalue weighted by atomic mass is 9.86. The first-order chi connectivity index (χ1) is 8.80. The van der Waals surface area contributed by atoms with Gasteiger partial charge in [0.25, 0.3) is 0 Å². The van der Waals surface area contributed by atoms with Gasteiger partial charge in [0.15, 0.2) is 0 Å². The molecule has 0 heterocycles. The normalized spacial score (nSPS) is 22.6. The minimum atomic E-state index is -0.590. The van der Waals surface area contributed by atoms with Gasteiger partial charge in [0, 0.05) is 6.42 Å². The van der Waals surface area contributed by atoms with Crippen molar-refractivity contribution in [2.24, 2.45) is 11.1 Å². The van der Waals surface area contributed by atoms with Gasteiger partial charge < -0.3 is 16.2 Å². The zero-order valence-corrected chi connectivity index (χ0v) is 12.9. The van der Waals surface area contributed by atoms with Crippen LogP contribution in [-0.2, 0) is 11.2 Å². The molecule has 4 N–H and O–H groups in total. The summed E-state index contributed by atoms with van der Waals surface area (Å²) in [6, 6.07) is 6.84. The molecule has 0 aromatic heterocycles. The largest absolute Gasteiger partial charge is 0.390 e. The van der Waals surface area contributed by atoms with Crippen molar-refractivity contribution < 1.29 is 9.90 Å². The number of halogens is 1. The first-order valence-corrected chi connectivity index (χ1v) is 6.62. The van der Waals surface area contributed by atoms with Crippen LogP contribution in [0.25, 0.3) is 0 Å². The van der Waals surface area contributed by atoms with Crippen molar-refractivity contribution in [1.82, 2.24) is 5.32 Å². The van der Waals surface area contributed by atoms with Gasteiger partial charge in [-0.1, -0.05) is 45.0 Å². The first-order valence-electron chi connectivity index (χ1n) is 6.62. The van der Waals surface area contributed by atoms with Crippen LogP contribution in [0.2, 0.25) is 0 Å². The fourth-order valence-corrected chi connectivity index (χ4v) is 2.38. The lowest BCUT2D eigenvalue weighted by Crippen LogP contribution is -2.50. The van der Waals surface area contributed by atoms with E-state index in [1.165, 1.54) is 0 Å². The van der Waals surface area contributed by atoms with Crippen LogP contribution < -0.4 is 11.1 Å². The lowest BCUT2D eigenvalue weighted by Gasteiger charge is -2.28. The molecule has 1 aliphatic carbocycles. The maximum Gasteiger partial charge on any atom is 0.238 e. The number of carbonyl (C=O) groups excluding carboxylic acids is 1. The van der Waals surface area contributed by atoms with Crippen LogP contribution in [0.4, 0.5) is 0 Å². The van der Waals surface area contributed by atoms with E-state index < -0.39 is 12.1 Å². The van der Waals surface area contributed by atoms with Gasteiger partial charge in [0.1, 0.15) is 0 Å². The monoisotopic (exact) mass is 298 g/mol. The summed E-state index contributed by atoms with van der Waals surface area (Å²) >= 11 is 0. The maximum atomic E-state index is 12.2. The van der Waals surface area contributed by atoms with E-state index in [9.17, 15) is 9.90 Å². The Morgan fingerprint density at radius 1 is 1.40 bits per heavy atom. The molecule has 0 spiro atoms. The Bertz CT molecular complexity index is 485. The second-order valence-corrected chi connectivity index (χ2v) is 6.30. The molecular weight excluding hydrogens is 276 g/mol. The molecule has 5 heteroatoms. The fraction of sp³-hybridized carbons (Fsp3) is 0.533. The molecule has 0 unspecified atom stereocenters. The Morgan fingerprint density at radius 2 is 2.00 bits per heavy atom. The van der Waals surface area contributed by atoms with Crippen LogP contribution in [-0.4, -0.2) is 23.2 Å². The molecule has 1 aliphatic rings. The third kappa shape index (κ3) is 3.32. The van der Waals surface area contributed by atoms with E-state index in [0.717, 1.165) is 11.1 Å². The molecule has 0 saturated carbocycles. The summed E-state index contributed by atoms with van der Waals surface area (Å²) < 4.78 is 0. The van der Waals surface area contributed by atoms with E-state index in [1.807, 2.05) is 45.0 Å². The van der Waals surface area contributed by atoms with Crippen LogP contribution in [0, 0.1) is 5.41 Å². The zero-order chi connectivity index (χ0) is 14.2. The van der Waals surface area contributed by atoms with Gasteiger partial charge in [-0.3, -0.25) is 4.79 Å². The summed E-state index contributed by atoms with van der Waals surface area (Å²) in [5, 5.41) is 13.0. The molecule has 0 aliphatic heterocycles. The number of rotatable bonds is 2. The average Bonchev–Trinajstić information content (AvgIpc) is 2.64. The summed E-state index contributed by atoms with van der Waals surface area (Å²) in [5.41, 5.74) is 7.72. The van der Waals surface area contributed by atoms with Gasteiger partial charge in [-0.2, -0.15) is 0 Å². The number of aliphatic hydroxyl groups is 1. The van der Waals surface area contributed by atoms with E-state index in [4.69, 9.17) is 5.73 Å². The van der Waals surface area contributed by atoms with Crippen molar-refractivity contribution in [3.63, 3.8) is 0 Å². The highest BCUT2D eigenvalue weighted by Crippen LogP contribution is 2.31. The highest BCUT2D eigenvalue weighted by molar-refractivity contribution is 5.85. The molecule has 0 radical (unpaired) electrons. The summed E-state index contributed by atoms with van der Waals surface area (Å²) in [4.78, 5) is 12.2. The van der Waals surface area contributed by atoms with E-state index in [1.54, 1.807) is 0 Å². The number of amides is 1. The molecule has 1 aromatic rings. The number of nitrogens with one attached hydrogen (secondary N) is 1. The van der Waals surface area contributed by atoms with Crippen molar-refractivity contribution in [2.75, 3.05) is 0 Å². The second kappa shape index (κ2) is 6.12. The quantitative estimate of drug-likeness (QED) is 0.775. The van der Waals surface area contributed by atoms with E-state index in [2.05, 4.69) is 5.32 Å². The smallest absolute Gasteiger partial charge is 0.238 e. The van der Waals surface area contributed by atoms with Crippen LogP contribution in [0.15, 0.2) is 24.3 Å². The van der Waals surface area contributed by atoms with Gasteiger partial charge in [-0.05, 0) is 16.5 Å². The predicted octanol–water partition coefficient (Wildman–Crippen LogP) is 1.56. The number of nitrogens with two attached hydrogens (primary N) is 1. The molecule has 2 rings (SSSR count). The van der Waals surface area contributed by atoms with E-state index in [-0.39, 0.29) is 29.8 Å². The van der Waals surface area contributed by atoms with E-state index in [0.29, 0.717) is 6.42 Å². The third-order valence-electron chi connectivity index (χ3n) is 3.72. The molecule has 1 aromatic carbocycles. The SMILES string of the molecule is CC(C)(C)[C@H](N)C(=O)N[C@@H]1c2ccccc2C[C@@H]1O.Cl. The van der Waals surface area contributed by atoms with Crippen molar-refractivity contribution in [3.05, 3.63) is 35.4 Å². The average molecular weight is 299 g/mol. The number of fused-ring (bicyclic) bond motifs is 1. The maximum absolute atomic E-state index is 12.2. The van der Waals surface area contributed by atoms with Crippen molar-refractivity contribution in [2.45, 2.75) is 45.4 Å². The second-order valence-electron chi connectivity index (χ2n) is 6.30. The summed E-state index contributed by atoms with van der Waals surface area (Å²) in [5.74, 6) is -0.215. The van der Waals surface area contributed by atoms with E-state index >= 15 is 0 Å². The lowest BCUT2D eigenvalue weighted by molar-refractivity contribution is -0.126. The standard InChI is InChI=1S/C15H22N2O2.ClH/c1-15(2,3)13(16)14(19)17-12-10-7-5-4-6-9(10)8-11(12)18;/h4-7,11-13,18H,8,16H2,1-3H3,(H,17,19);1H/t11-,12+,13+;/m0./s1. The minimum absolute atomic E-state index is 0. The summed E-state index contributed by atoms with van der Waals surface area (Å²) in [6.45, 7) is 5.78. The first kappa shape index (κ1) is 17.0. The van der Waals surface area contributed by atoms with Crippen LogP contribution >= 0.6 is 12.4 Å². The number of benzene rings is 1. The van der Waals surface area contributed by atoms with Gasteiger partial charge in [0.05, 0.1) is 18.2 Å². The Labute approximate surface area is 126 Å². The molecular formula is C15H23ClN2O2. The van der Waals surface area contributed by atoms with Crippen molar-refractivity contribution in [3.8, 4) is 0 Å². The third-order valence-corrected chi connectivity index (χ3v) is 3.72. The summed E-state index contributed by atoms with van der Waals surface area (Å²) in [6.07, 6.45) is -0.000172. The van der Waals surface area contributed by atoms with Gasteiger partial charge in [-0.15, -0.1) is 12.4 Å². The minimum Gasteiger partial charge on any atom is -0.390 e. The molecule has 0 fully saturated rings. The molecule has 4 nitrogen and oxygen atoms in total. The fourth-order valence-electron chi connectivity index (χ4n) is 2.38. The Hall–Kier alpha value is -1.10. The molecule has 112 valence electrons. The topological polar surface area (TPSA) is 75.4 Å². The van der Waals surface area contributed by atoms with Crippen LogP contribution in [0.1, 0.15) is 37.9 Å². The van der Waals surface area contributed by atoms with Crippen molar-refractivity contribution >= 4 is 18.3 Å². The molecule has 20 heavy (non-hydrogen) atoms. The highest BCUT2D eigenvalue weighted by atomic mass is 35.5. The molecule has 0 saturated heterocycles. The molecule has 1 amide bonds. The molecule has 0 bridgehead atoms. The Morgan fingerprint density at radius 3 is 2.60 bits per heavy atom. The Kier molecular flexibility index (Phi) is 5.19. The van der Waals surface area contributed by atoms with Crippen LogP contribution in [0.5, 0.6) is 0 Å². The predicted molar refractivity (Wildman–Crippen MR) is 81.7 cm³/mol. The van der Waals surface area contributed by atoms with Crippen LogP contribution in [0.3, 0.4) is 0 Å². The molecule has 3 atom stereocenters. The number of carbonyl (C=O) groups is 1. The number of hydrogen-bond donors (Lipinski definition) is 3. The van der Waals surface area contributed by atoms with Gasteiger partial charge in [0.2, 0.25) is 5.91 Å². The number of hydrogen-bond acceptors (Lipinski definition) is 3. The Balaban J connectivity index is 0.00000200. The number of aliphatic hydroxyl groups excluding tert-OH is 1. The summed E-state index contributed by atoms with van der Waals surface area (Å²) in [7, 11) is 0. The van der Waals surface area contributed by atoms with Crippen molar-refractivity contribution in [1.29, 1.82) is 0 Å². The van der Waals surface area contributed by atoms with Gasteiger partial charge >= 0.3 is 0 Å².